The second-order valence-corrected chi connectivity index (χ2v) is 7.23. The topological polar surface area (TPSA) is 0 Å². The molecule has 144 valence electrons. The summed E-state index contributed by atoms with van der Waals surface area (Å²) in [7, 11) is 0. The molecule has 0 heterocycles. The smallest absolute Gasteiger partial charge is 0.00640 e. The van der Waals surface area contributed by atoms with Crippen LogP contribution in [0.1, 0.15) is 44.2 Å². The SMILES string of the molecule is C=C/C=C\C/C(C)=C\C=C(/CC)CC(=C)c1ccc(-c2ccccc2C)cc1. The molecule has 0 saturated heterocycles. The Kier molecular flexibility index (Phi) is 8.49. The third-order valence-corrected chi connectivity index (χ3v) is 4.96. The number of hydrogen-bond donors (Lipinski definition) is 0. The monoisotopic (exact) mass is 368 g/mol. The van der Waals surface area contributed by atoms with Crippen LogP contribution in [-0.4, -0.2) is 0 Å². The van der Waals surface area contributed by atoms with Gasteiger partial charge in [0.1, 0.15) is 0 Å². The lowest BCUT2D eigenvalue weighted by molar-refractivity contribution is 1.04. The Labute approximate surface area is 171 Å². The van der Waals surface area contributed by atoms with Gasteiger partial charge in [-0.15, -0.1) is 0 Å². The predicted octanol–water partition coefficient (Wildman–Crippen LogP) is 8.48. The van der Waals surface area contributed by atoms with Gasteiger partial charge in [-0.2, -0.15) is 0 Å². The van der Waals surface area contributed by atoms with Crippen LogP contribution in [0.3, 0.4) is 0 Å². The van der Waals surface area contributed by atoms with Crippen molar-refractivity contribution >= 4 is 5.57 Å². The van der Waals surface area contributed by atoms with Gasteiger partial charge in [-0.1, -0.05) is 110 Å². The number of hydrogen-bond acceptors (Lipinski definition) is 0. The number of allylic oxidation sites excluding steroid dienone is 8. The van der Waals surface area contributed by atoms with E-state index < -0.39 is 0 Å². The number of aryl methyl sites for hydroxylation is 1. The summed E-state index contributed by atoms with van der Waals surface area (Å²) in [4.78, 5) is 0. The molecule has 0 atom stereocenters. The standard InChI is InChI=1S/C28H32/c1-6-8-9-12-22(3)15-16-25(7-2)21-24(5)26-17-19-27(20-18-26)28-14-11-10-13-23(28)4/h6,8-11,13-20H,1,5,7,12,21H2,2-4H3/b9-8-,22-15-,25-16+. The summed E-state index contributed by atoms with van der Waals surface area (Å²) in [5.74, 6) is 0. The largest absolute Gasteiger partial charge is 0.0991 e. The van der Waals surface area contributed by atoms with Crippen LogP contribution in [0, 0.1) is 6.92 Å². The van der Waals surface area contributed by atoms with Crippen LogP contribution in [-0.2, 0) is 0 Å². The lowest BCUT2D eigenvalue weighted by Crippen LogP contribution is -1.89. The summed E-state index contributed by atoms with van der Waals surface area (Å²) in [5, 5.41) is 0. The average Bonchev–Trinajstić information content (AvgIpc) is 2.71. The van der Waals surface area contributed by atoms with Gasteiger partial charge in [-0.3, -0.25) is 0 Å². The van der Waals surface area contributed by atoms with Gasteiger partial charge >= 0.3 is 0 Å². The highest BCUT2D eigenvalue weighted by Gasteiger charge is 2.05. The molecule has 0 N–H and O–H groups in total. The fraction of sp³-hybridized carbons (Fsp3) is 0.214. The van der Waals surface area contributed by atoms with Gasteiger partial charge in [0.2, 0.25) is 0 Å². The van der Waals surface area contributed by atoms with E-state index in [1.165, 1.54) is 39.0 Å². The van der Waals surface area contributed by atoms with Crippen molar-refractivity contribution in [3.05, 3.63) is 114 Å². The lowest BCUT2D eigenvalue weighted by Gasteiger charge is -2.11. The van der Waals surface area contributed by atoms with Gasteiger partial charge in [0, 0.05) is 0 Å². The fourth-order valence-corrected chi connectivity index (χ4v) is 3.14. The van der Waals surface area contributed by atoms with Crippen molar-refractivity contribution in [1.82, 2.24) is 0 Å². The zero-order valence-electron chi connectivity index (χ0n) is 17.5. The Morgan fingerprint density at radius 2 is 1.71 bits per heavy atom. The molecule has 0 saturated carbocycles. The van der Waals surface area contributed by atoms with Crippen molar-refractivity contribution in [2.45, 2.75) is 40.0 Å². The molecule has 0 aliphatic rings. The van der Waals surface area contributed by atoms with E-state index in [-0.39, 0.29) is 0 Å². The summed E-state index contributed by atoms with van der Waals surface area (Å²) in [6, 6.07) is 17.3. The van der Waals surface area contributed by atoms with E-state index in [1.54, 1.807) is 0 Å². The van der Waals surface area contributed by atoms with E-state index in [9.17, 15) is 0 Å². The van der Waals surface area contributed by atoms with Crippen LogP contribution in [0.25, 0.3) is 16.7 Å². The van der Waals surface area contributed by atoms with Crippen molar-refractivity contribution in [2.24, 2.45) is 0 Å². The van der Waals surface area contributed by atoms with Crippen LogP contribution in [0.2, 0.25) is 0 Å². The molecule has 0 aromatic heterocycles. The average molecular weight is 369 g/mol. The molecule has 2 aromatic carbocycles. The molecule has 0 amide bonds. The first-order valence-corrected chi connectivity index (χ1v) is 10.0. The first-order valence-electron chi connectivity index (χ1n) is 10.0. The van der Waals surface area contributed by atoms with Crippen molar-refractivity contribution in [3.63, 3.8) is 0 Å². The molecule has 2 rings (SSSR count). The Morgan fingerprint density at radius 3 is 2.36 bits per heavy atom. The molecule has 2 aromatic rings. The summed E-state index contributed by atoms with van der Waals surface area (Å²) < 4.78 is 0. The number of rotatable bonds is 9. The summed E-state index contributed by atoms with van der Waals surface area (Å²) >= 11 is 0. The second kappa shape index (κ2) is 11.1. The molecule has 0 aliphatic heterocycles. The first-order chi connectivity index (χ1) is 13.5. The first kappa shape index (κ1) is 21.4. The highest BCUT2D eigenvalue weighted by atomic mass is 14.1. The predicted molar refractivity (Wildman–Crippen MR) is 126 cm³/mol. The third-order valence-electron chi connectivity index (χ3n) is 4.96. The van der Waals surface area contributed by atoms with E-state index in [4.69, 9.17) is 0 Å². The van der Waals surface area contributed by atoms with E-state index >= 15 is 0 Å². The molecule has 28 heavy (non-hydrogen) atoms. The minimum atomic E-state index is 0.909. The molecule has 0 unspecified atom stereocenters. The van der Waals surface area contributed by atoms with E-state index in [0.717, 1.165) is 19.3 Å². The fourth-order valence-electron chi connectivity index (χ4n) is 3.14. The Balaban J connectivity index is 2.07. The van der Waals surface area contributed by atoms with Gasteiger partial charge < -0.3 is 0 Å². The quantitative estimate of drug-likeness (QED) is 0.389. The normalized spacial score (nSPS) is 12.4. The third kappa shape index (κ3) is 6.39. The van der Waals surface area contributed by atoms with Crippen molar-refractivity contribution in [1.29, 1.82) is 0 Å². The highest BCUT2D eigenvalue weighted by Crippen LogP contribution is 2.27. The molecule has 0 radical (unpaired) electrons. The van der Waals surface area contributed by atoms with Crippen LogP contribution in [0.15, 0.2) is 103 Å². The Hall–Kier alpha value is -2.86. The van der Waals surface area contributed by atoms with Crippen LogP contribution in [0.4, 0.5) is 0 Å². The summed E-state index contributed by atoms with van der Waals surface area (Å²) in [6.45, 7) is 14.6. The maximum absolute atomic E-state index is 4.34. The summed E-state index contributed by atoms with van der Waals surface area (Å²) in [6.07, 6.45) is 13.3. The zero-order chi connectivity index (χ0) is 20.4. The van der Waals surface area contributed by atoms with Gasteiger partial charge in [0.15, 0.2) is 0 Å². The lowest BCUT2D eigenvalue weighted by atomic mass is 9.94. The van der Waals surface area contributed by atoms with Gasteiger partial charge in [-0.25, -0.2) is 0 Å². The van der Waals surface area contributed by atoms with E-state index in [0.29, 0.717) is 0 Å². The molecule has 0 nitrogen and oxygen atoms in total. The second-order valence-electron chi connectivity index (χ2n) is 7.23. The van der Waals surface area contributed by atoms with Crippen LogP contribution >= 0.6 is 0 Å². The molecular weight excluding hydrogens is 336 g/mol. The van der Waals surface area contributed by atoms with E-state index in [1.807, 2.05) is 12.2 Å². The van der Waals surface area contributed by atoms with Crippen molar-refractivity contribution in [3.8, 4) is 11.1 Å². The minimum absolute atomic E-state index is 0.909. The molecule has 0 heteroatoms. The number of benzene rings is 2. The zero-order valence-corrected chi connectivity index (χ0v) is 17.5. The van der Waals surface area contributed by atoms with Crippen LogP contribution < -0.4 is 0 Å². The molecule has 0 aliphatic carbocycles. The maximum Gasteiger partial charge on any atom is -0.00640 e. The summed E-state index contributed by atoms with van der Waals surface area (Å²) in [5.41, 5.74) is 8.98. The Morgan fingerprint density at radius 1 is 1.00 bits per heavy atom. The van der Waals surface area contributed by atoms with Crippen LogP contribution in [0.5, 0.6) is 0 Å². The van der Waals surface area contributed by atoms with Crippen molar-refractivity contribution in [2.75, 3.05) is 0 Å². The molecule has 0 spiro atoms. The highest BCUT2D eigenvalue weighted by molar-refractivity contribution is 5.72. The molecule has 0 bridgehead atoms. The van der Waals surface area contributed by atoms with Gasteiger partial charge in [-0.05, 0) is 60.9 Å². The van der Waals surface area contributed by atoms with Gasteiger partial charge in [0.05, 0.1) is 0 Å². The Bertz CT molecular complexity index is 886. The maximum atomic E-state index is 4.34. The van der Waals surface area contributed by atoms with Gasteiger partial charge in [0.25, 0.3) is 0 Å². The van der Waals surface area contributed by atoms with Crippen molar-refractivity contribution < 1.29 is 0 Å². The molecule has 0 fully saturated rings. The minimum Gasteiger partial charge on any atom is -0.0991 e. The molecular formula is C28H32. The van der Waals surface area contributed by atoms with E-state index in [2.05, 4.69) is 101 Å².